The van der Waals surface area contributed by atoms with Gasteiger partial charge in [0.2, 0.25) is 0 Å². The summed E-state index contributed by atoms with van der Waals surface area (Å²) in [6.45, 7) is 10.3. The van der Waals surface area contributed by atoms with E-state index in [0.29, 0.717) is 32.9 Å². The zero-order valence-electron chi connectivity index (χ0n) is 17.1. The first-order chi connectivity index (χ1) is 12.7. The van der Waals surface area contributed by atoms with Crippen molar-refractivity contribution in [1.29, 1.82) is 0 Å². The van der Waals surface area contributed by atoms with Gasteiger partial charge in [0, 0.05) is 26.7 Å². The van der Waals surface area contributed by atoms with Crippen molar-refractivity contribution < 1.29 is 14.2 Å². The third kappa shape index (κ3) is 13.7. The average molecular weight is 493 g/mol. The molecule has 0 atom stereocenters. The lowest BCUT2D eigenvalue weighted by atomic mass is 10.2. The maximum absolute atomic E-state index is 5.65. The number of benzene rings is 1. The molecule has 0 saturated heterocycles. The molecule has 0 spiro atoms. The van der Waals surface area contributed by atoms with Gasteiger partial charge in [-0.15, -0.1) is 24.0 Å². The summed E-state index contributed by atoms with van der Waals surface area (Å²) in [5.74, 6) is 1.65. The number of nitrogens with zero attached hydrogens (tertiary/aromatic N) is 1. The van der Waals surface area contributed by atoms with Gasteiger partial charge in [0.05, 0.1) is 25.9 Å². The number of unbranched alkanes of at least 4 members (excludes halogenated alkanes) is 1. The standard InChI is InChI=1S/C20H35N3O3.HI/c1-5-6-12-24-14-15-25-13-11-22-20(21-4)23-16-18-7-9-19(10-8-18)26-17(2)3;/h7-10,17H,5-6,11-16H2,1-4H3,(H2,21,22,23);1H. The Morgan fingerprint density at radius 1 is 1.00 bits per heavy atom. The highest BCUT2D eigenvalue weighted by atomic mass is 127. The second-order valence-electron chi connectivity index (χ2n) is 6.24. The van der Waals surface area contributed by atoms with Crippen LogP contribution in [0.3, 0.4) is 0 Å². The van der Waals surface area contributed by atoms with Crippen LogP contribution in [0.2, 0.25) is 0 Å². The Hall–Kier alpha value is -1.06. The third-order valence-corrected chi connectivity index (χ3v) is 3.53. The Morgan fingerprint density at radius 3 is 2.26 bits per heavy atom. The molecule has 0 fully saturated rings. The molecule has 0 amide bonds. The van der Waals surface area contributed by atoms with E-state index in [1.54, 1.807) is 7.05 Å². The Bertz CT molecular complexity index is 496. The minimum absolute atomic E-state index is 0. The Morgan fingerprint density at radius 2 is 1.67 bits per heavy atom. The molecule has 156 valence electrons. The molecule has 0 unspecified atom stereocenters. The molecule has 0 aliphatic carbocycles. The molecule has 0 aliphatic heterocycles. The van der Waals surface area contributed by atoms with Crippen molar-refractivity contribution in [3.05, 3.63) is 29.8 Å². The lowest BCUT2D eigenvalue weighted by Crippen LogP contribution is -2.38. The summed E-state index contributed by atoms with van der Waals surface area (Å²) in [4.78, 5) is 4.22. The summed E-state index contributed by atoms with van der Waals surface area (Å²) in [6.07, 6.45) is 2.45. The smallest absolute Gasteiger partial charge is 0.191 e. The average Bonchev–Trinajstić information content (AvgIpc) is 2.63. The van der Waals surface area contributed by atoms with E-state index in [9.17, 15) is 0 Å². The first kappa shape index (κ1) is 25.9. The molecule has 0 bridgehead atoms. The van der Waals surface area contributed by atoms with E-state index in [4.69, 9.17) is 14.2 Å². The molecule has 0 heterocycles. The second kappa shape index (κ2) is 17.1. The summed E-state index contributed by atoms with van der Waals surface area (Å²) in [5.41, 5.74) is 1.17. The zero-order chi connectivity index (χ0) is 19.0. The number of nitrogens with one attached hydrogen (secondary N) is 2. The van der Waals surface area contributed by atoms with Crippen LogP contribution in [0.1, 0.15) is 39.2 Å². The van der Waals surface area contributed by atoms with Crippen molar-refractivity contribution >= 4 is 29.9 Å². The van der Waals surface area contributed by atoms with Gasteiger partial charge in [0.25, 0.3) is 0 Å². The number of halogens is 1. The van der Waals surface area contributed by atoms with Crippen LogP contribution in [0.25, 0.3) is 0 Å². The summed E-state index contributed by atoms with van der Waals surface area (Å²) in [6, 6.07) is 8.09. The number of ether oxygens (including phenoxy) is 3. The van der Waals surface area contributed by atoms with Crippen molar-refractivity contribution in [3.8, 4) is 5.75 Å². The van der Waals surface area contributed by atoms with E-state index in [0.717, 1.165) is 31.2 Å². The van der Waals surface area contributed by atoms with Gasteiger partial charge in [0.1, 0.15) is 5.75 Å². The number of hydrogen-bond donors (Lipinski definition) is 2. The summed E-state index contributed by atoms with van der Waals surface area (Å²) >= 11 is 0. The number of guanidine groups is 1. The normalized spacial score (nSPS) is 11.2. The van der Waals surface area contributed by atoms with Gasteiger partial charge in [-0.25, -0.2) is 0 Å². The molecule has 0 saturated carbocycles. The maximum Gasteiger partial charge on any atom is 0.191 e. The lowest BCUT2D eigenvalue weighted by Gasteiger charge is -2.13. The van der Waals surface area contributed by atoms with E-state index < -0.39 is 0 Å². The van der Waals surface area contributed by atoms with Crippen LogP contribution < -0.4 is 15.4 Å². The van der Waals surface area contributed by atoms with Gasteiger partial charge in [-0.3, -0.25) is 4.99 Å². The molecule has 6 nitrogen and oxygen atoms in total. The molecule has 27 heavy (non-hydrogen) atoms. The van der Waals surface area contributed by atoms with Crippen LogP contribution in [0.15, 0.2) is 29.3 Å². The number of hydrogen-bond acceptors (Lipinski definition) is 4. The van der Waals surface area contributed by atoms with Crippen LogP contribution in [0.5, 0.6) is 5.75 Å². The van der Waals surface area contributed by atoms with Gasteiger partial charge in [0.15, 0.2) is 5.96 Å². The molecular weight excluding hydrogens is 457 g/mol. The highest BCUT2D eigenvalue weighted by molar-refractivity contribution is 14.0. The summed E-state index contributed by atoms with van der Waals surface area (Å²) in [7, 11) is 1.76. The van der Waals surface area contributed by atoms with Crippen LogP contribution >= 0.6 is 24.0 Å². The van der Waals surface area contributed by atoms with Crippen molar-refractivity contribution in [1.82, 2.24) is 10.6 Å². The first-order valence-corrected chi connectivity index (χ1v) is 9.51. The minimum atomic E-state index is 0. The fourth-order valence-corrected chi connectivity index (χ4v) is 2.17. The molecule has 7 heteroatoms. The van der Waals surface area contributed by atoms with Crippen molar-refractivity contribution in [2.24, 2.45) is 4.99 Å². The molecule has 0 aromatic heterocycles. The fourth-order valence-electron chi connectivity index (χ4n) is 2.17. The fraction of sp³-hybridized carbons (Fsp3) is 0.650. The van der Waals surface area contributed by atoms with Gasteiger partial charge >= 0.3 is 0 Å². The maximum atomic E-state index is 5.65. The van der Waals surface area contributed by atoms with E-state index in [-0.39, 0.29) is 30.1 Å². The Labute approximate surface area is 181 Å². The van der Waals surface area contributed by atoms with Crippen LogP contribution in [-0.4, -0.2) is 52.1 Å². The monoisotopic (exact) mass is 493 g/mol. The molecule has 0 aliphatic rings. The predicted octanol–water partition coefficient (Wildman–Crippen LogP) is 3.59. The SMILES string of the molecule is CCCCOCCOCCNC(=NC)NCc1ccc(OC(C)C)cc1.I. The van der Waals surface area contributed by atoms with E-state index >= 15 is 0 Å². The third-order valence-electron chi connectivity index (χ3n) is 3.53. The molecule has 2 N–H and O–H groups in total. The van der Waals surface area contributed by atoms with Crippen LogP contribution in [0.4, 0.5) is 0 Å². The van der Waals surface area contributed by atoms with Gasteiger partial charge < -0.3 is 24.8 Å². The highest BCUT2D eigenvalue weighted by Crippen LogP contribution is 2.13. The van der Waals surface area contributed by atoms with Crippen molar-refractivity contribution in [2.45, 2.75) is 46.3 Å². The predicted molar refractivity (Wildman–Crippen MR) is 122 cm³/mol. The van der Waals surface area contributed by atoms with E-state index in [2.05, 4.69) is 34.7 Å². The Balaban J connectivity index is 0.00000676. The molecule has 1 aromatic rings. The number of aliphatic imine (C=N–C) groups is 1. The quantitative estimate of drug-likeness (QED) is 0.190. The largest absolute Gasteiger partial charge is 0.491 e. The molecule has 1 aromatic carbocycles. The van der Waals surface area contributed by atoms with Gasteiger partial charge in [-0.1, -0.05) is 25.5 Å². The van der Waals surface area contributed by atoms with E-state index in [1.165, 1.54) is 5.56 Å². The second-order valence-corrected chi connectivity index (χ2v) is 6.24. The summed E-state index contributed by atoms with van der Waals surface area (Å²) < 4.78 is 16.6. The van der Waals surface area contributed by atoms with Gasteiger partial charge in [-0.05, 0) is 38.0 Å². The van der Waals surface area contributed by atoms with E-state index in [1.807, 2.05) is 26.0 Å². The van der Waals surface area contributed by atoms with Crippen LogP contribution in [-0.2, 0) is 16.0 Å². The number of rotatable bonds is 13. The topological polar surface area (TPSA) is 64.1 Å². The molecule has 1 rings (SSSR count). The first-order valence-electron chi connectivity index (χ1n) is 9.51. The zero-order valence-corrected chi connectivity index (χ0v) is 19.5. The minimum Gasteiger partial charge on any atom is -0.491 e. The molecule has 0 radical (unpaired) electrons. The van der Waals surface area contributed by atoms with Crippen molar-refractivity contribution in [3.63, 3.8) is 0 Å². The highest BCUT2D eigenvalue weighted by Gasteiger charge is 2.00. The lowest BCUT2D eigenvalue weighted by molar-refractivity contribution is 0.0487. The molecular formula is C20H36IN3O3. The summed E-state index contributed by atoms with van der Waals surface area (Å²) in [5, 5.41) is 6.53. The van der Waals surface area contributed by atoms with Crippen molar-refractivity contribution in [2.75, 3.05) is 40.0 Å². The Kier molecular flexibility index (Phi) is 16.4. The van der Waals surface area contributed by atoms with Crippen LogP contribution in [0, 0.1) is 0 Å². The van der Waals surface area contributed by atoms with Gasteiger partial charge in [-0.2, -0.15) is 0 Å².